The third-order valence-electron chi connectivity index (χ3n) is 2.67. The topological polar surface area (TPSA) is 39.2 Å². The Labute approximate surface area is 106 Å². The molecule has 0 aliphatic heterocycles. The molecule has 1 aromatic carbocycles. The number of ether oxygens (including phenoxy) is 1. The number of hydrogen-bond donors (Lipinski definition) is 0. The highest BCUT2D eigenvalue weighted by atomic mass is 16.5. The zero-order valence-corrected chi connectivity index (χ0v) is 10.5. The van der Waals surface area contributed by atoms with E-state index in [1.807, 2.05) is 36.4 Å². The molecule has 2 rings (SSSR count). The van der Waals surface area contributed by atoms with Gasteiger partial charge < -0.3 is 4.74 Å². The van der Waals surface area contributed by atoms with E-state index in [4.69, 9.17) is 4.74 Å². The van der Waals surface area contributed by atoms with Crippen LogP contribution in [0.15, 0.2) is 42.6 Å². The lowest BCUT2D eigenvalue weighted by Crippen LogP contribution is -1.96. The quantitative estimate of drug-likeness (QED) is 0.826. The number of Topliss-reactive ketones (excluding diaryl/α,β-unsaturated/α-hetero) is 1. The van der Waals surface area contributed by atoms with Crippen LogP contribution >= 0.6 is 0 Å². The van der Waals surface area contributed by atoms with Gasteiger partial charge in [0.15, 0.2) is 0 Å². The fourth-order valence-electron chi connectivity index (χ4n) is 1.84. The van der Waals surface area contributed by atoms with Crippen LogP contribution in [0.1, 0.15) is 12.5 Å². The maximum Gasteiger partial charge on any atom is 0.145 e. The van der Waals surface area contributed by atoms with Crippen LogP contribution in [-0.2, 0) is 11.2 Å². The van der Waals surface area contributed by atoms with E-state index in [0.717, 1.165) is 22.6 Å². The largest absolute Gasteiger partial charge is 0.494 e. The van der Waals surface area contributed by atoms with Gasteiger partial charge in [-0.25, -0.2) is 0 Å². The highest BCUT2D eigenvalue weighted by Gasteiger charge is 2.06. The summed E-state index contributed by atoms with van der Waals surface area (Å²) >= 11 is 0. The van der Waals surface area contributed by atoms with E-state index in [2.05, 4.69) is 4.98 Å². The molecule has 0 saturated carbocycles. The molecule has 1 heterocycles. The maximum absolute atomic E-state index is 11.0. The third kappa shape index (κ3) is 2.74. The zero-order valence-electron chi connectivity index (χ0n) is 10.5. The van der Waals surface area contributed by atoms with E-state index in [9.17, 15) is 4.79 Å². The molecule has 0 fully saturated rings. The first-order valence-electron chi connectivity index (χ1n) is 5.78. The van der Waals surface area contributed by atoms with Crippen LogP contribution < -0.4 is 4.74 Å². The van der Waals surface area contributed by atoms with Gasteiger partial charge in [0.25, 0.3) is 0 Å². The molecule has 3 heteroatoms. The van der Waals surface area contributed by atoms with Gasteiger partial charge in [-0.15, -0.1) is 0 Å². The first kappa shape index (κ1) is 12.3. The lowest BCUT2D eigenvalue weighted by atomic mass is 10.0. The smallest absolute Gasteiger partial charge is 0.145 e. The zero-order chi connectivity index (χ0) is 13.0. The summed E-state index contributed by atoms with van der Waals surface area (Å²) in [5, 5.41) is 0. The summed E-state index contributed by atoms with van der Waals surface area (Å²) < 4.78 is 5.28. The minimum atomic E-state index is 0.165. The molecule has 0 atom stereocenters. The molecule has 0 saturated heterocycles. The number of aromatic nitrogens is 1. The number of carbonyl (C=O) groups is 1. The molecule has 92 valence electrons. The first-order chi connectivity index (χ1) is 8.70. The van der Waals surface area contributed by atoms with Gasteiger partial charge in [-0.05, 0) is 24.6 Å². The van der Waals surface area contributed by atoms with Gasteiger partial charge in [-0.3, -0.25) is 9.78 Å². The number of rotatable bonds is 4. The van der Waals surface area contributed by atoms with Crippen molar-refractivity contribution in [2.75, 3.05) is 7.11 Å². The summed E-state index contributed by atoms with van der Waals surface area (Å²) in [4.78, 5) is 15.4. The van der Waals surface area contributed by atoms with E-state index in [0.29, 0.717) is 6.42 Å². The Balaban J connectivity index is 2.31. The molecule has 0 aliphatic carbocycles. The molecule has 18 heavy (non-hydrogen) atoms. The molecule has 0 unspecified atom stereocenters. The van der Waals surface area contributed by atoms with Gasteiger partial charge in [0, 0.05) is 18.2 Å². The van der Waals surface area contributed by atoms with Crippen molar-refractivity contribution >= 4 is 5.78 Å². The summed E-state index contributed by atoms with van der Waals surface area (Å²) in [7, 11) is 1.63. The number of methoxy groups -OCH3 is 1. The average Bonchev–Trinajstić information content (AvgIpc) is 2.39. The van der Waals surface area contributed by atoms with E-state index >= 15 is 0 Å². The maximum atomic E-state index is 11.0. The summed E-state index contributed by atoms with van der Waals surface area (Å²) in [6.45, 7) is 1.59. The molecule has 3 nitrogen and oxygen atoms in total. The minimum absolute atomic E-state index is 0.165. The van der Waals surface area contributed by atoms with Crippen molar-refractivity contribution in [3.8, 4) is 17.0 Å². The van der Waals surface area contributed by atoms with Gasteiger partial charge in [0.1, 0.15) is 17.2 Å². The summed E-state index contributed by atoms with van der Waals surface area (Å²) in [5.74, 6) is 0.912. The van der Waals surface area contributed by atoms with Crippen LogP contribution in [0.5, 0.6) is 5.75 Å². The first-order valence-corrected chi connectivity index (χ1v) is 5.78. The lowest BCUT2D eigenvalue weighted by molar-refractivity contribution is -0.116. The van der Waals surface area contributed by atoms with Crippen molar-refractivity contribution in [2.24, 2.45) is 0 Å². The number of pyridine rings is 1. The summed E-state index contributed by atoms with van der Waals surface area (Å²) in [6.07, 6.45) is 2.21. The van der Waals surface area contributed by atoms with Gasteiger partial charge >= 0.3 is 0 Å². The Hall–Kier alpha value is -2.16. The molecule has 0 amide bonds. The van der Waals surface area contributed by atoms with Crippen LogP contribution in [0.4, 0.5) is 0 Å². The van der Waals surface area contributed by atoms with Crippen molar-refractivity contribution in [2.45, 2.75) is 13.3 Å². The second-order valence-electron chi connectivity index (χ2n) is 4.13. The summed E-state index contributed by atoms with van der Waals surface area (Å²) in [5.41, 5.74) is 2.82. The number of carbonyl (C=O) groups excluding carboxylic acids is 1. The number of nitrogens with zero attached hydrogens (tertiary/aromatic N) is 1. The normalized spacial score (nSPS) is 10.1. The second-order valence-corrected chi connectivity index (χ2v) is 4.13. The summed E-state index contributed by atoms with van der Waals surface area (Å²) in [6, 6.07) is 11.5. The SMILES string of the molecule is COc1cccnc1-c1ccc(CC(C)=O)cc1. The third-order valence-corrected chi connectivity index (χ3v) is 2.67. The average molecular weight is 241 g/mol. The molecule has 2 aromatic rings. The van der Waals surface area contributed by atoms with Crippen LogP contribution in [0.25, 0.3) is 11.3 Å². The number of hydrogen-bond acceptors (Lipinski definition) is 3. The second kappa shape index (κ2) is 5.45. The van der Waals surface area contributed by atoms with Gasteiger partial charge in [0.2, 0.25) is 0 Å². The van der Waals surface area contributed by atoms with Gasteiger partial charge in [-0.2, -0.15) is 0 Å². The molecule has 0 radical (unpaired) electrons. The van der Waals surface area contributed by atoms with E-state index in [1.165, 1.54) is 0 Å². The predicted octanol–water partition coefficient (Wildman–Crippen LogP) is 2.89. The van der Waals surface area contributed by atoms with E-state index < -0.39 is 0 Å². The molecule has 0 bridgehead atoms. The van der Waals surface area contributed by atoms with E-state index in [1.54, 1.807) is 20.2 Å². The highest BCUT2D eigenvalue weighted by molar-refractivity contribution is 5.78. The fourth-order valence-corrected chi connectivity index (χ4v) is 1.84. The Morgan fingerprint density at radius 2 is 1.94 bits per heavy atom. The molecule has 0 N–H and O–H groups in total. The predicted molar refractivity (Wildman–Crippen MR) is 70.6 cm³/mol. The van der Waals surface area contributed by atoms with Crippen LogP contribution in [0, 0.1) is 0 Å². The number of ketones is 1. The van der Waals surface area contributed by atoms with Crippen LogP contribution in [0.3, 0.4) is 0 Å². The minimum Gasteiger partial charge on any atom is -0.494 e. The fraction of sp³-hybridized carbons (Fsp3) is 0.200. The lowest BCUT2D eigenvalue weighted by Gasteiger charge is -2.07. The molecular weight excluding hydrogens is 226 g/mol. The van der Waals surface area contributed by atoms with Crippen molar-refractivity contribution in [3.63, 3.8) is 0 Å². The van der Waals surface area contributed by atoms with Crippen molar-refractivity contribution in [1.82, 2.24) is 4.98 Å². The van der Waals surface area contributed by atoms with Gasteiger partial charge in [-0.1, -0.05) is 24.3 Å². The van der Waals surface area contributed by atoms with Crippen molar-refractivity contribution in [3.05, 3.63) is 48.2 Å². The highest BCUT2D eigenvalue weighted by Crippen LogP contribution is 2.27. The molecule has 0 spiro atoms. The van der Waals surface area contributed by atoms with E-state index in [-0.39, 0.29) is 5.78 Å². The molecule has 0 aliphatic rings. The standard InChI is InChI=1S/C15H15NO2/c1-11(17)10-12-5-7-13(8-6-12)15-14(18-2)4-3-9-16-15/h3-9H,10H2,1-2H3. The van der Waals surface area contributed by atoms with Crippen LogP contribution in [0.2, 0.25) is 0 Å². The molecule has 1 aromatic heterocycles. The number of benzene rings is 1. The Bertz CT molecular complexity index is 547. The molecular formula is C15H15NO2. The Kier molecular flexibility index (Phi) is 3.72. The Morgan fingerprint density at radius 1 is 1.22 bits per heavy atom. The Morgan fingerprint density at radius 3 is 2.56 bits per heavy atom. The van der Waals surface area contributed by atoms with Crippen molar-refractivity contribution < 1.29 is 9.53 Å². The van der Waals surface area contributed by atoms with Crippen LogP contribution in [-0.4, -0.2) is 17.9 Å². The van der Waals surface area contributed by atoms with Gasteiger partial charge in [0.05, 0.1) is 7.11 Å². The van der Waals surface area contributed by atoms with Crippen molar-refractivity contribution in [1.29, 1.82) is 0 Å². The monoisotopic (exact) mass is 241 g/mol.